The van der Waals surface area contributed by atoms with Crippen LogP contribution in [-0.4, -0.2) is 30.5 Å². The molecular weight excluding hydrogens is 343 g/mol. The molecule has 0 aromatic heterocycles. The van der Waals surface area contributed by atoms with Gasteiger partial charge in [0.15, 0.2) is 11.6 Å². The molecule has 0 aliphatic heterocycles. The highest BCUT2D eigenvalue weighted by atomic mass is 35.5. The fraction of sp³-hybridized carbons (Fsp3) is 0.316. The van der Waals surface area contributed by atoms with Crippen LogP contribution in [0.3, 0.4) is 0 Å². The van der Waals surface area contributed by atoms with Gasteiger partial charge >= 0.3 is 0 Å². The van der Waals surface area contributed by atoms with E-state index < -0.39 is 5.82 Å². The van der Waals surface area contributed by atoms with Gasteiger partial charge in [0.05, 0.1) is 13.2 Å². The Morgan fingerprint density at radius 2 is 1.96 bits per heavy atom. The molecule has 0 aliphatic carbocycles. The Hall–Kier alpha value is -2.11. The molecule has 25 heavy (non-hydrogen) atoms. The third kappa shape index (κ3) is 5.18. The Balaban J connectivity index is 2.04. The van der Waals surface area contributed by atoms with Crippen molar-refractivity contribution >= 4 is 23.2 Å². The fourth-order valence-corrected chi connectivity index (χ4v) is 2.64. The molecule has 0 heterocycles. The summed E-state index contributed by atoms with van der Waals surface area (Å²) in [5.41, 5.74) is 1.47. The lowest BCUT2D eigenvalue weighted by Crippen LogP contribution is -2.41. The lowest BCUT2D eigenvalue weighted by atomic mass is 10.1. The Bertz CT molecular complexity index is 722. The second kappa shape index (κ2) is 8.83. The summed E-state index contributed by atoms with van der Waals surface area (Å²) in [7, 11) is 1.43. The quantitative estimate of drug-likeness (QED) is 0.794. The Morgan fingerprint density at radius 3 is 2.52 bits per heavy atom. The molecule has 0 bridgehead atoms. The summed E-state index contributed by atoms with van der Waals surface area (Å²) in [6, 6.07) is 11.4. The molecule has 1 N–H and O–H groups in total. The van der Waals surface area contributed by atoms with Crippen LogP contribution >= 0.6 is 11.6 Å². The van der Waals surface area contributed by atoms with Crippen molar-refractivity contribution < 1.29 is 13.9 Å². The molecule has 0 radical (unpaired) electrons. The van der Waals surface area contributed by atoms with Crippen LogP contribution in [0.2, 0.25) is 5.02 Å². The van der Waals surface area contributed by atoms with Gasteiger partial charge in [-0.3, -0.25) is 9.69 Å². The molecule has 0 spiro atoms. The van der Waals surface area contributed by atoms with E-state index in [-0.39, 0.29) is 17.7 Å². The molecule has 6 heteroatoms. The number of ether oxygens (including phenoxy) is 1. The van der Waals surface area contributed by atoms with E-state index in [1.807, 2.05) is 18.7 Å². The van der Waals surface area contributed by atoms with Gasteiger partial charge in [-0.2, -0.15) is 0 Å². The van der Waals surface area contributed by atoms with E-state index in [9.17, 15) is 9.18 Å². The van der Waals surface area contributed by atoms with Crippen LogP contribution in [0, 0.1) is 5.82 Å². The van der Waals surface area contributed by atoms with E-state index in [1.54, 1.807) is 36.4 Å². The number of rotatable bonds is 7. The minimum absolute atomic E-state index is 0.127. The number of likely N-dealkylation sites (N-methyl/N-ethyl adjacent to an activating group) is 1. The molecule has 0 saturated carbocycles. The zero-order chi connectivity index (χ0) is 18.4. The first-order chi connectivity index (χ1) is 11.9. The van der Waals surface area contributed by atoms with Gasteiger partial charge in [-0.25, -0.2) is 4.39 Å². The van der Waals surface area contributed by atoms with Crippen LogP contribution in [0.1, 0.15) is 19.4 Å². The molecule has 2 aromatic rings. The molecule has 0 aliphatic rings. The Kier molecular flexibility index (Phi) is 6.79. The predicted molar refractivity (Wildman–Crippen MR) is 98.6 cm³/mol. The van der Waals surface area contributed by atoms with Crippen LogP contribution < -0.4 is 10.1 Å². The highest BCUT2D eigenvalue weighted by molar-refractivity contribution is 6.30. The van der Waals surface area contributed by atoms with Crippen LogP contribution in [0.4, 0.5) is 10.1 Å². The number of benzene rings is 2. The van der Waals surface area contributed by atoms with Gasteiger partial charge < -0.3 is 10.1 Å². The van der Waals surface area contributed by atoms with E-state index in [2.05, 4.69) is 5.32 Å². The van der Waals surface area contributed by atoms with Crippen molar-refractivity contribution in [3.63, 3.8) is 0 Å². The summed E-state index contributed by atoms with van der Waals surface area (Å²) in [5, 5.41) is 3.48. The first-order valence-electron chi connectivity index (χ1n) is 8.07. The van der Waals surface area contributed by atoms with Crippen molar-refractivity contribution in [1.29, 1.82) is 0 Å². The molecule has 134 valence electrons. The maximum atomic E-state index is 13.9. The van der Waals surface area contributed by atoms with Gasteiger partial charge in [-0.05, 0) is 55.4 Å². The van der Waals surface area contributed by atoms with Crippen LogP contribution in [0.15, 0.2) is 42.5 Å². The summed E-state index contributed by atoms with van der Waals surface area (Å²) >= 11 is 5.85. The molecule has 2 rings (SSSR count). The second-order valence-corrected chi connectivity index (χ2v) is 6.14. The average Bonchev–Trinajstić information content (AvgIpc) is 2.61. The maximum absolute atomic E-state index is 13.9. The topological polar surface area (TPSA) is 41.6 Å². The van der Waals surface area contributed by atoms with Crippen molar-refractivity contribution in [3.8, 4) is 5.75 Å². The van der Waals surface area contributed by atoms with Crippen molar-refractivity contribution in [2.45, 2.75) is 26.4 Å². The normalized spacial score (nSPS) is 12.1. The van der Waals surface area contributed by atoms with Gasteiger partial charge in [-0.15, -0.1) is 0 Å². The predicted octanol–water partition coefficient (Wildman–Crippen LogP) is 4.34. The second-order valence-electron chi connectivity index (χ2n) is 5.70. The van der Waals surface area contributed by atoms with Gasteiger partial charge in [0.2, 0.25) is 5.91 Å². The van der Waals surface area contributed by atoms with Gasteiger partial charge in [0, 0.05) is 17.3 Å². The molecule has 0 saturated heterocycles. The lowest BCUT2D eigenvalue weighted by molar-refractivity contribution is -0.120. The van der Waals surface area contributed by atoms with Gasteiger partial charge in [0.25, 0.3) is 0 Å². The number of amides is 1. The number of methoxy groups -OCH3 is 1. The molecule has 1 amide bonds. The van der Waals surface area contributed by atoms with Crippen molar-refractivity contribution in [2.75, 3.05) is 19.0 Å². The average molecular weight is 365 g/mol. The van der Waals surface area contributed by atoms with E-state index >= 15 is 0 Å². The number of carbonyl (C=O) groups excluding carboxylic acids is 1. The monoisotopic (exact) mass is 364 g/mol. The number of hydrogen-bond donors (Lipinski definition) is 1. The third-order valence-corrected chi connectivity index (χ3v) is 4.30. The third-order valence-electron chi connectivity index (χ3n) is 4.05. The fourth-order valence-electron chi connectivity index (χ4n) is 2.51. The summed E-state index contributed by atoms with van der Waals surface area (Å²) in [6.07, 6.45) is 0. The highest BCUT2D eigenvalue weighted by Crippen LogP contribution is 2.20. The molecule has 0 unspecified atom stereocenters. The zero-order valence-electron chi connectivity index (χ0n) is 14.6. The first kappa shape index (κ1) is 19.2. The summed E-state index contributed by atoms with van der Waals surface area (Å²) in [6.45, 7) is 4.91. The number of nitrogens with one attached hydrogen (secondary N) is 1. The van der Waals surface area contributed by atoms with E-state index in [4.69, 9.17) is 16.3 Å². The molecular formula is C19H22ClFN2O2. The molecule has 0 fully saturated rings. The van der Waals surface area contributed by atoms with Gasteiger partial charge in [-0.1, -0.05) is 24.6 Å². The number of carbonyl (C=O) groups is 1. The van der Waals surface area contributed by atoms with E-state index in [0.717, 1.165) is 5.56 Å². The Morgan fingerprint density at radius 1 is 1.28 bits per heavy atom. The molecule has 4 nitrogen and oxygen atoms in total. The summed E-state index contributed by atoms with van der Waals surface area (Å²) in [5.74, 6) is -0.326. The Labute approximate surface area is 152 Å². The summed E-state index contributed by atoms with van der Waals surface area (Å²) in [4.78, 5) is 14.4. The number of anilines is 1. The first-order valence-corrected chi connectivity index (χ1v) is 8.45. The van der Waals surface area contributed by atoms with Gasteiger partial charge in [0.1, 0.15) is 0 Å². The standard InChI is InChI=1S/C19H22ClFN2O2/c1-4-23(12-14-5-10-18(25-3)17(21)11-14)13(2)19(24)22-16-8-6-15(20)7-9-16/h5-11,13H,4,12H2,1-3H3,(H,22,24)/t13-/m0/s1. The van der Waals surface area contributed by atoms with Crippen molar-refractivity contribution in [2.24, 2.45) is 0 Å². The molecule has 1 atom stereocenters. The minimum atomic E-state index is -0.408. The highest BCUT2D eigenvalue weighted by Gasteiger charge is 2.20. The molecule has 2 aromatic carbocycles. The van der Waals surface area contributed by atoms with Crippen LogP contribution in [0.25, 0.3) is 0 Å². The maximum Gasteiger partial charge on any atom is 0.241 e. The smallest absolute Gasteiger partial charge is 0.241 e. The summed E-state index contributed by atoms with van der Waals surface area (Å²) < 4.78 is 18.8. The van der Waals surface area contributed by atoms with Crippen molar-refractivity contribution in [1.82, 2.24) is 4.90 Å². The SMILES string of the molecule is CCN(Cc1ccc(OC)c(F)c1)[C@@H](C)C(=O)Nc1ccc(Cl)cc1. The van der Waals surface area contributed by atoms with E-state index in [1.165, 1.54) is 13.2 Å². The zero-order valence-corrected chi connectivity index (χ0v) is 15.3. The van der Waals surface area contributed by atoms with Crippen molar-refractivity contribution in [3.05, 3.63) is 58.9 Å². The lowest BCUT2D eigenvalue weighted by Gasteiger charge is -2.27. The van der Waals surface area contributed by atoms with Crippen LogP contribution in [0.5, 0.6) is 5.75 Å². The largest absolute Gasteiger partial charge is 0.494 e. The van der Waals surface area contributed by atoms with E-state index in [0.29, 0.717) is 23.8 Å². The van der Waals surface area contributed by atoms with Crippen LogP contribution in [-0.2, 0) is 11.3 Å². The number of hydrogen-bond acceptors (Lipinski definition) is 3. The minimum Gasteiger partial charge on any atom is -0.494 e. The number of nitrogens with zero attached hydrogens (tertiary/aromatic N) is 1. The number of halogens is 2.